The molecule has 1 aliphatic heterocycles. The third kappa shape index (κ3) is 9.42. The number of carbonyl (C=O) groups excluding carboxylic acids is 1. The number of piperidine rings is 1. The third-order valence-electron chi connectivity index (χ3n) is 5.76. The summed E-state index contributed by atoms with van der Waals surface area (Å²) in [7, 11) is 0. The molecule has 12 heteroatoms. The first-order valence-corrected chi connectivity index (χ1v) is 11.9. The Morgan fingerprint density at radius 2 is 1.62 bits per heavy atom. The summed E-state index contributed by atoms with van der Waals surface area (Å²) in [6, 6.07) is 23.3. The van der Waals surface area contributed by atoms with E-state index in [0.717, 1.165) is 32.5 Å². The highest BCUT2D eigenvalue weighted by molar-refractivity contribution is 6.04. The lowest BCUT2D eigenvalue weighted by Gasteiger charge is -2.32. The molecule has 1 heterocycles. The summed E-state index contributed by atoms with van der Waals surface area (Å²) in [5.41, 5.74) is 2.25. The summed E-state index contributed by atoms with van der Waals surface area (Å²) in [6.07, 6.45) is -3.04. The molecule has 0 unspecified atom stereocenters. The van der Waals surface area contributed by atoms with E-state index in [1.165, 1.54) is 29.8 Å². The summed E-state index contributed by atoms with van der Waals surface area (Å²) in [4.78, 5) is 34.1. The number of hydrogen-bond donors (Lipinski definition) is 2. The fraction of sp³-hybridized carbons (Fsp3) is 0.259. The van der Waals surface area contributed by atoms with Gasteiger partial charge >= 0.3 is 12.1 Å². The molecule has 1 amide bonds. The zero-order valence-electron chi connectivity index (χ0n) is 20.6. The van der Waals surface area contributed by atoms with E-state index >= 15 is 0 Å². The average Bonchev–Trinajstić information content (AvgIpc) is 2.90. The number of rotatable bonds is 7. The summed E-state index contributed by atoms with van der Waals surface area (Å²) in [5.74, 6) is -2.37. The number of benzene rings is 3. The Hall–Kier alpha value is -4.45. The fourth-order valence-electron chi connectivity index (χ4n) is 3.80. The van der Waals surface area contributed by atoms with E-state index < -0.39 is 17.1 Å². The van der Waals surface area contributed by atoms with E-state index in [1.807, 2.05) is 18.2 Å². The number of hydrogen-bond acceptors (Lipinski definition) is 6. The van der Waals surface area contributed by atoms with E-state index in [-0.39, 0.29) is 17.7 Å². The highest BCUT2D eigenvalue weighted by Crippen LogP contribution is 2.24. The smallest absolute Gasteiger partial charge is 0.490 e. The SMILES string of the molecule is O=C(Nc1cccc(OC2CCN(Cc3ccccc3)CC2)c1)c1ccc([N+](=O)[O-])cc1.O=C(O)C(F)(F)F. The lowest BCUT2D eigenvalue weighted by molar-refractivity contribution is -0.384. The normalized spacial score (nSPS) is 14.0. The van der Waals surface area contributed by atoms with E-state index in [9.17, 15) is 28.1 Å². The Morgan fingerprint density at radius 1 is 1.00 bits per heavy atom. The summed E-state index contributed by atoms with van der Waals surface area (Å²) >= 11 is 0. The number of anilines is 1. The van der Waals surface area contributed by atoms with Gasteiger partial charge in [0.2, 0.25) is 0 Å². The van der Waals surface area contributed by atoms with Crippen LogP contribution in [0.3, 0.4) is 0 Å². The van der Waals surface area contributed by atoms with Crippen LogP contribution in [0, 0.1) is 10.1 Å². The maximum atomic E-state index is 12.5. The van der Waals surface area contributed by atoms with Crippen LogP contribution in [0.4, 0.5) is 24.5 Å². The first-order valence-electron chi connectivity index (χ1n) is 11.9. The van der Waals surface area contributed by atoms with Gasteiger partial charge in [-0.2, -0.15) is 13.2 Å². The van der Waals surface area contributed by atoms with Crippen molar-refractivity contribution < 1.29 is 37.5 Å². The number of carboxylic acid groups (broad SMARTS) is 1. The Kier molecular flexibility index (Phi) is 9.98. The average molecular weight is 546 g/mol. The molecule has 0 radical (unpaired) electrons. The number of nitrogens with zero attached hydrogens (tertiary/aromatic N) is 2. The monoisotopic (exact) mass is 545 g/mol. The molecular formula is C27H26F3N3O6. The molecule has 1 fully saturated rings. The second-order valence-corrected chi connectivity index (χ2v) is 8.67. The number of carbonyl (C=O) groups is 2. The maximum absolute atomic E-state index is 12.5. The minimum atomic E-state index is -5.08. The summed E-state index contributed by atoms with van der Waals surface area (Å²) < 4.78 is 37.9. The van der Waals surface area contributed by atoms with Gasteiger partial charge in [0.25, 0.3) is 11.6 Å². The molecular weight excluding hydrogens is 519 g/mol. The summed E-state index contributed by atoms with van der Waals surface area (Å²) in [5, 5.41) is 20.7. The molecule has 3 aromatic carbocycles. The number of carboxylic acids is 1. The number of ether oxygens (including phenoxy) is 1. The van der Waals surface area contributed by atoms with Gasteiger partial charge in [0, 0.05) is 49.1 Å². The van der Waals surface area contributed by atoms with Crippen molar-refractivity contribution in [3.63, 3.8) is 0 Å². The zero-order chi connectivity index (χ0) is 28.4. The number of nitro groups is 1. The van der Waals surface area contributed by atoms with Gasteiger partial charge in [0.1, 0.15) is 11.9 Å². The number of nitrogens with one attached hydrogen (secondary N) is 1. The van der Waals surface area contributed by atoms with Crippen molar-refractivity contribution in [1.82, 2.24) is 4.90 Å². The number of non-ortho nitro benzene ring substituents is 1. The topological polar surface area (TPSA) is 122 Å². The standard InChI is InChI=1S/C25H25N3O4.C2HF3O2/c29-25(20-9-11-22(12-10-20)28(30)31)26-21-7-4-8-24(17-21)32-23-13-15-27(16-14-23)18-19-5-2-1-3-6-19;3-2(4,5)1(6)7/h1-12,17,23H,13-16,18H2,(H,26,29);(H,6,7). The van der Waals surface area contributed by atoms with E-state index in [4.69, 9.17) is 14.6 Å². The van der Waals surface area contributed by atoms with Gasteiger partial charge < -0.3 is 15.2 Å². The van der Waals surface area contributed by atoms with Crippen LogP contribution in [0.1, 0.15) is 28.8 Å². The third-order valence-corrected chi connectivity index (χ3v) is 5.76. The molecule has 0 aromatic heterocycles. The van der Waals surface area contributed by atoms with Gasteiger partial charge in [-0.25, -0.2) is 4.79 Å². The lowest BCUT2D eigenvalue weighted by atomic mass is 10.1. The lowest BCUT2D eigenvalue weighted by Crippen LogP contribution is -2.37. The minimum absolute atomic E-state index is 0.0493. The van der Waals surface area contributed by atoms with Crippen LogP contribution in [0.25, 0.3) is 0 Å². The Balaban J connectivity index is 0.000000532. The molecule has 0 saturated carbocycles. The van der Waals surface area contributed by atoms with Crippen molar-refractivity contribution in [1.29, 1.82) is 0 Å². The molecule has 4 rings (SSSR count). The molecule has 0 atom stereocenters. The van der Waals surface area contributed by atoms with E-state index in [2.05, 4.69) is 34.5 Å². The maximum Gasteiger partial charge on any atom is 0.490 e. The largest absolute Gasteiger partial charge is 0.490 e. The first-order chi connectivity index (χ1) is 18.5. The molecule has 0 spiro atoms. The van der Waals surface area contributed by atoms with Crippen LogP contribution in [0.5, 0.6) is 5.75 Å². The number of nitro benzene ring substituents is 1. The Morgan fingerprint density at radius 3 is 2.18 bits per heavy atom. The molecule has 0 bridgehead atoms. The number of alkyl halides is 3. The van der Waals surface area contributed by atoms with Crippen LogP contribution in [0.15, 0.2) is 78.9 Å². The van der Waals surface area contributed by atoms with Crippen LogP contribution in [-0.2, 0) is 11.3 Å². The molecule has 0 aliphatic carbocycles. The van der Waals surface area contributed by atoms with Crippen LogP contribution < -0.4 is 10.1 Å². The predicted molar refractivity (Wildman–Crippen MR) is 137 cm³/mol. The molecule has 39 heavy (non-hydrogen) atoms. The molecule has 206 valence electrons. The minimum Gasteiger partial charge on any atom is -0.490 e. The first kappa shape index (κ1) is 29.1. The van der Waals surface area contributed by atoms with Crippen molar-refractivity contribution in [2.75, 3.05) is 18.4 Å². The highest BCUT2D eigenvalue weighted by atomic mass is 19.4. The van der Waals surface area contributed by atoms with Crippen molar-refractivity contribution in [3.8, 4) is 5.75 Å². The van der Waals surface area contributed by atoms with Crippen molar-refractivity contribution in [2.45, 2.75) is 31.7 Å². The predicted octanol–water partition coefficient (Wildman–Crippen LogP) is 5.52. The summed E-state index contributed by atoms with van der Waals surface area (Å²) in [6.45, 7) is 2.92. The van der Waals surface area contributed by atoms with Crippen molar-refractivity contribution in [2.24, 2.45) is 0 Å². The van der Waals surface area contributed by atoms with Crippen molar-refractivity contribution >= 4 is 23.3 Å². The fourth-order valence-corrected chi connectivity index (χ4v) is 3.80. The van der Waals surface area contributed by atoms with Crippen molar-refractivity contribution in [3.05, 3.63) is 100 Å². The number of likely N-dealkylation sites (tertiary alicyclic amines) is 1. The molecule has 3 aromatic rings. The number of halogens is 3. The van der Waals surface area contributed by atoms with E-state index in [0.29, 0.717) is 17.0 Å². The second kappa shape index (κ2) is 13.4. The second-order valence-electron chi connectivity index (χ2n) is 8.67. The highest BCUT2D eigenvalue weighted by Gasteiger charge is 2.38. The van der Waals surface area contributed by atoms with Gasteiger partial charge in [-0.3, -0.25) is 19.8 Å². The quantitative estimate of drug-likeness (QED) is 0.296. The van der Waals surface area contributed by atoms with Crippen LogP contribution in [0.2, 0.25) is 0 Å². The Bertz CT molecular complexity index is 1260. The van der Waals surface area contributed by atoms with E-state index in [1.54, 1.807) is 12.1 Å². The molecule has 2 N–H and O–H groups in total. The van der Waals surface area contributed by atoms with Gasteiger partial charge in [-0.15, -0.1) is 0 Å². The molecule has 1 aliphatic rings. The van der Waals surface area contributed by atoms with Crippen LogP contribution >= 0.6 is 0 Å². The molecule has 1 saturated heterocycles. The van der Waals surface area contributed by atoms with Crippen LogP contribution in [-0.4, -0.2) is 52.2 Å². The zero-order valence-corrected chi connectivity index (χ0v) is 20.6. The van der Waals surface area contributed by atoms with Gasteiger partial charge in [-0.05, 0) is 42.7 Å². The van der Waals surface area contributed by atoms with Gasteiger partial charge in [0.05, 0.1) is 4.92 Å². The Labute approximate surface area is 222 Å². The van der Waals surface area contributed by atoms with Gasteiger partial charge in [-0.1, -0.05) is 36.4 Å². The number of amides is 1. The molecule has 9 nitrogen and oxygen atoms in total. The number of aliphatic carboxylic acids is 1. The van der Waals surface area contributed by atoms with Gasteiger partial charge in [0.15, 0.2) is 0 Å².